The first kappa shape index (κ1) is 15.4. The van der Waals surface area contributed by atoms with E-state index in [2.05, 4.69) is 10.3 Å². The Hall–Kier alpha value is -0.620. The van der Waals surface area contributed by atoms with Gasteiger partial charge >= 0.3 is 6.18 Å². The fourth-order valence-electron chi connectivity index (χ4n) is 1.82. The Morgan fingerprint density at radius 3 is 2.44 bits per heavy atom. The van der Waals surface area contributed by atoms with E-state index in [1.54, 1.807) is 0 Å². The van der Waals surface area contributed by atoms with Crippen molar-refractivity contribution in [2.24, 2.45) is 0 Å². The van der Waals surface area contributed by atoms with Crippen molar-refractivity contribution < 1.29 is 13.2 Å². The molecule has 0 aliphatic heterocycles. The van der Waals surface area contributed by atoms with Crippen LogP contribution in [0.15, 0.2) is 0 Å². The molecule has 0 aliphatic rings. The van der Waals surface area contributed by atoms with Gasteiger partial charge in [-0.25, -0.2) is 4.98 Å². The molecule has 1 aromatic heterocycles. The normalized spacial score (nSPS) is 13.9. The van der Waals surface area contributed by atoms with Crippen LogP contribution in [-0.4, -0.2) is 17.7 Å². The topological polar surface area (TPSA) is 24.9 Å². The van der Waals surface area contributed by atoms with Crippen LogP contribution in [0.5, 0.6) is 0 Å². The Kier molecular flexibility index (Phi) is 5.59. The van der Waals surface area contributed by atoms with Crippen LogP contribution < -0.4 is 5.32 Å². The van der Waals surface area contributed by atoms with Gasteiger partial charge in [0.05, 0.1) is 10.7 Å². The third-order valence-corrected chi connectivity index (χ3v) is 3.80. The van der Waals surface area contributed by atoms with Gasteiger partial charge in [-0.2, -0.15) is 13.2 Å². The number of hydrogen-bond donors (Lipinski definition) is 1. The third-order valence-electron chi connectivity index (χ3n) is 2.61. The smallest absolute Gasteiger partial charge is 0.309 e. The van der Waals surface area contributed by atoms with Crippen molar-refractivity contribution in [3.8, 4) is 0 Å². The monoisotopic (exact) mass is 280 g/mol. The standard InChI is InChI=1S/C12H19F3N2S/c1-4-7-16-10(5-6-12(13,14)15)11-8(2)17-9(3)18-11/h10,16H,4-7H2,1-3H3. The highest BCUT2D eigenvalue weighted by atomic mass is 32.1. The molecule has 1 aromatic rings. The van der Waals surface area contributed by atoms with E-state index >= 15 is 0 Å². The van der Waals surface area contributed by atoms with E-state index in [-0.39, 0.29) is 12.5 Å². The fraction of sp³-hybridized carbons (Fsp3) is 0.750. The molecular formula is C12H19F3N2S. The number of aryl methyl sites for hydroxylation is 2. The van der Waals surface area contributed by atoms with Gasteiger partial charge in [-0.15, -0.1) is 11.3 Å². The zero-order chi connectivity index (χ0) is 13.8. The molecule has 0 amide bonds. The van der Waals surface area contributed by atoms with E-state index in [0.717, 1.165) is 28.5 Å². The molecule has 0 saturated heterocycles. The van der Waals surface area contributed by atoms with Crippen molar-refractivity contribution in [3.63, 3.8) is 0 Å². The lowest BCUT2D eigenvalue weighted by atomic mass is 10.1. The van der Waals surface area contributed by atoms with E-state index < -0.39 is 12.6 Å². The summed E-state index contributed by atoms with van der Waals surface area (Å²) in [6.45, 7) is 6.45. The maximum absolute atomic E-state index is 12.3. The van der Waals surface area contributed by atoms with Gasteiger partial charge in [-0.05, 0) is 33.2 Å². The van der Waals surface area contributed by atoms with Crippen molar-refractivity contribution in [1.82, 2.24) is 10.3 Å². The van der Waals surface area contributed by atoms with Crippen LogP contribution >= 0.6 is 11.3 Å². The lowest BCUT2D eigenvalue weighted by molar-refractivity contribution is -0.136. The number of rotatable bonds is 6. The summed E-state index contributed by atoms with van der Waals surface area (Å²) in [5.41, 5.74) is 0.841. The molecule has 1 atom stereocenters. The minimum atomic E-state index is -4.10. The molecule has 6 heteroatoms. The minimum absolute atomic E-state index is 0.0754. The summed E-state index contributed by atoms with van der Waals surface area (Å²) in [7, 11) is 0. The Bertz CT molecular complexity index is 374. The van der Waals surface area contributed by atoms with Crippen LogP contribution in [0.1, 0.15) is 47.8 Å². The maximum Gasteiger partial charge on any atom is 0.389 e. The zero-order valence-corrected chi connectivity index (χ0v) is 11.7. The summed E-state index contributed by atoms with van der Waals surface area (Å²) < 4.78 is 37.0. The van der Waals surface area contributed by atoms with Gasteiger partial charge in [-0.3, -0.25) is 0 Å². The van der Waals surface area contributed by atoms with Crippen LogP contribution in [0, 0.1) is 13.8 Å². The molecule has 0 spiro atoms. The van der Waals surface area contributed by atoms with Crippen molar-refractivity contribution >= 4 is 11.3 Å². The predicted octanol–water partition coefficient (Wildman–Crippen LogP) is 4.14. The lowest BCUT2D eigenvalue weighted by Crippen LogP contribution is -2.24. The second-order valence-corrected chi connectivity index (χ2v) is 5.58. The zero-order valence-electron chi connectivity index (χ0n) is 10.9. The third kappa shape index (κ3) is 4.94. The van der Waals surface area contributed by atoms with E-state index in [1.165, 1.54) is 11.3 Å². The van der Waals surface area contributed by atoms with Crippen molar-refractivity contribution in [2.45, 2.75) is 52.3 Å². The highest BCUT2D eigenvalue weighted by molar-refractivity contribution is 7.11. The highest BCUT2D eigenvalue weighted by Gasteiger charge is 2.29. The van der Waals surface area contributed by atoms with E-state index in [1.807, 2.05) is 20.8 Å². The van der Waals surface area contributed by atoms with Gasteiger partial charge in [0.1, 0.15) is 0 Å². The molecule has 18 heavy (non-hydrogen) atoms. The number of thiazole rings is 1. The first-order chi connectivity index (χ1) is 8.33. The second kappa shape index (κ2) is 6.52. The van der Waals surface area contributed by atoms with Gasteiger partial charge in [-0.1, -0.05) is 6.92 Å². The summed E-state index contributed by atoms with van der Waals surface area (Å²) in [5.74, 6) is 0. The van der Waals surface area contributed by atoms with Crippen LogP contribution in [0.2, 0.25) is 0 Å². The Balaban J connectivity index is 2.74. The number of hydrogen-bond acceptors (Lipinski definition) is 3. The predicted molar refractivity (Wildman–Crippen MR) is 67.9 cm³/mol. The van der Waals surface area contributed by atoms with Gasteiger partial charge in [0, 0.05) is 17.3 Å². The van der Waals surface area contributed by atoms with Gasteiger partial charge in [0.2, 0.25) is 0 Å². The molecule has 2 nitrogen and oxygen atoms in total. The molecule has 0 aromatic carbocycles. The van der Waals surface area contributed by atoms with E-state index in [4.69, 9.17) is 0 Å². The molecule has 1 rings (SSSR count). The summed E-state index contributed by atoms with van der Waals surface area (Å²) in [5, 5.41) is 4.08. The average molecular weight is 280 g/mol. The fourth-order valence-corrected chi connectivity index (χ4v) is 2.86. The van der Waals surface area contributed by atoms with Gasteiger partial charge < -0.3 is 5.32 Å². The Morgan fingerprint density at radius 2 is 2.00 bits per heavy atom. The molecule has 0 fully saturated rings. The molecule has 0 saturated carbocycles. The number of nitrogens with zero attached hydrogens (tertiary/aromatic N) is 1. The molecule has 1 heterocycles. The molecule has 1 N–H and O–H groups in total. The molecular weight excluding hydrogens is 261 g/mol. The van der Waals surface area contributed by atoms with Crippen molar-refractivity contribution in [3.05, 3.63) is 15.6 Å². The van der Waals surface area contributed by atoms with E-state index in [9.17, 15) is 13.2 Å². The number of halogens is 3. The van der Waals surface area contributed by atoms with E-state index in [0.29, 0.717) is 0 Å². The highest BCUT2D eigenvalue weighted by Crippen LogP contribution is 2.31. The number of nitrogens with one attached hydrogen (secondary N) is 1. The molecule has 1 unspecified atom stereocenters. The molecule has 0 aliphatic carbocycles. The Morgan fingerprint density at radius 1 is 1.33 bits per heavy atom. The first-order valence-corrected chi connectivity index (χ1v) is 6.89. The summed E-state index contributed by atoms with van der Waals surface area (Å²) in [6, 6.07) is -0.238. The van der Waals surface area contributed by atoms with Gasteiger partial charge in [0.15, 0.2) is 0 Å². The van der Waals surface area contributed by atoms with Crippen LogP contribution in [0.4, 0.5) is 13.2 Å². The average Bonchev–Trinajstić information content (AvgIpc) is 2.57. The van der Waals surface area contributed by atoms with Crippen LogP contribution in [0.25, 0.3) is 0 Å². The van der Waals surface area contributed by atoms with Crippen LogP contribution in [-0.2, 0) is 0 Å². The quantitative estimate of drug-likeness (QED) is 0.847. The first-order valence-electron chi connectivity index (χ1n) is 6.07. The van der Waals surface area contributed by atoms with Crippen LogP contribution in [0.3, 0.4) is 0 Å². The second-order valence-electron chi connectivity index (χ2n) is 4.34. The van der Waals surface area contributed by atoms with Crippen molar-refractivity contribution in [1.29, 1.82) is 0 Å². The lowest BCUT2D eigenvalue weighted by Gasteiger charge is -2.18. The summed E-state index contributed by atoms with van der Waals surface area (Å²) in [4.78, 5) is 5.22. The summed E-state index contributed by atoms with van der Waals surface area (Å²) in [6.07, 6.45) is -3.88. The number of alkyl halides is 3. The minimum Gasteiger partial charge on any atom is -0.309 e. The SMILES string of the molecule is CCCNC(CCC(F)(F)F)c1sc(C)nc1C. The maximum atomic E-state index is 12.3. The van der Waals surface area contributed by atoms with Crippen molar-refractivity contribution in [2.75, 3.05) is 6.54 Å². The summed E-state index contributed by atoms with van der Waals surface area (Å²) >= 11 is 1.48. The Labute approximate surface area is 110 Å². The molecule has 104 valence electrons. The molecule has 0 radical (unpaired) electrons. The van der Waals surface area contributed by atoms with Gasteiger partial charge in [0.25, 0.3) is 0 Å². The largest absolute Gasteiger partial charge is 0.389 e. The number of aromatic nitrogens is 1. The molecule has 0 bridgehead atoms.